The Bertz CT molecular complexity index is 1720. The highest BCUT2D eigenvalue weighted by Crippen LogP contribution is 2.33. The first-order valence-electron chi connectivity index (χ1n) is 32.9. The maximum absolute atomic E-state index is 13.4. The minimum atomic E-state index is -1.97. The van der Waals surface area contributed by atoms with Crippen molar-refractivity contribution in [2.75, 3.05) is 26.4 Å². The van der Waals surface area contributed by atoms with E-state index in [1.165, 1.54) is 116 Å². The topological polar surface area (TPSA) is 307 Å². The Balaban J connectivity index is 1.45. The number of nitrogens with one attached hydrogen (secondary N) is 1. The van der Waals surface area contributed by atoms with Gasteiger partial charge in [-0.15, -0.1) is 0 Å². The van der Waals surface area contributed by atoms with Crippen LogP contribution in [0.25, 0.3) is 0 Å². The first-order valence-corrected chi connectivity index (χ1v) is 32.9. The minimum Gasteiger partial charge on any atom is -0.394 e. The normalized spacial score (nSPS) is 29.5. The third-order valence-corrected chi connectivity index (χ3v) is 16.4. The number of hydrogen-bond acceptors (Lipinski definition) is 18. The third kappa shape index (κ3) is 30.3. The van der Waals surface area contributed by atoms with Crippen LogP contribution in [0.2, 0.25) is 0 Å². The highest BCUT2D eigenvalue weighted by Gasteiger charge is 2.53. The standard InChI is InChI=1S/C65H117NO18/c1-3-5-7-9-11-13-15-17-19-21-22-23-24-25-26-27-29-31-33-35-37-39-41-43-53(71)66-48(49(70)42-40-38-36-34-32-30-28-20-18-16-14-12-10-8-6-4-2)47-79-63-59(77)56(74)61(51(45-68)81-63)84-65-60(78)57(75)62(52(46-69)82-65)83-64-58(76)55(73)54(72)50(44-67)80-64/h5,7,11,13,17,19,22-23,48-52,54-65,67-70,72-78H,3-4,6,8-10,12,14-16,18,20-21,24-47H2,1-2H3,(H,66,71)/b7-5-,13-11-,19-17-,23-22-. The van der Waals surface area contributed by atoms with Crippen molar-refractivity contribution < 1.29 is 89.4 Å². The number of aliphatic hydroxyl groups is 11. The number of carbonyl (C=O) groups is 1. The number of allylic oxidation sites excluding steroid dienone is 8. The van der Waals surface area contributed by atoms with Crippen LogP contribution in [-0.4, -0.2) is 193 Å². The Morgan fingerprint density at radius 2 is 0.821 bits per heavy atom. The Labute approximate surface area is 503 Å². The molecule has 3 aliphatic heterocycles. The molecule has 3 heterocycles. The molecule has 19 heteroatoms. The zero-order chi connectivity index (χ0) is 61.2. The largest absolute Gasteiger partial charge is 0.394 e. The highest BCUT2D eigenvalue weighted by atomic mass is 16.8. The summed E-state index contributed by atoms with van der Waals surface area (Å²) in [5.74, 6) is -0.248. The zero-order valence-electron chi connectivity index (χ0n) is 51.4. The molecular formula is C65H117NO18. The molecule has 12 N–H and O–H groups in total. The van der Waals surface area contributed by atoms with Crippen LogP contribution < -0.4 is 5.32 Å². The van der Waals surface area contributed by atoms with Crippen LogP contribution in [0.4, 0.5) is 0 Å². The maximum Gasteiger partial charge on any atom is 0.220 e. The van der Waals surface area contributed by atoms with E-state index in [0.717, 1.165) is 77.0 Å². The van der Waals surface area contributed by atoms with Gasteiger partial charge in [0.1, 0.15) is 73.2 Å². The van der Waals surface area contributed by atoms with Crippen LogP contribution in [0, 0.1) is 0 Å². The zero-order valence-corrected chi connectivity index (χ0v) is 51.4. The fourth-order valence-electron chi connectivity index (χ4n) is 11.1. The number of carbonyl (C=O) groups excluding carboxylic acids is 1. The molecule has 0 aromatic rings. The lowest BCUT2D eigenvalue weighted by molar-refractivity contribution is -0.379. The Morgan fingerprint density at radius 1 is 0.440 bits per heavy atom. The summed E-state index contributed by atoms with van der Waals surface area (Å²) in [6.07, 6.45) is 27.5. The van der Waals surface area contributed by atoms with Crippen molar-refractivity contribution in [3.8, 4) is 0 Å². The number of rotatable bonds is 49. The summed E-state index contributed by atoms with van der Waals surface area (Å²) in [4.78, 5) is 13.4. The van der Waals surface area contributed by atoms with E-state index in [1.54, 1.807) is 0 Å². The summed E-state index contributed by atoms with van der Waals surface area (Å²) < 4.78 is 34.4. The van der Waals surface area contributed by atoms with Gasteiger partial charge in [-0.3, -0.25) is 4.79 Å². The number of unbranched alkanes of at least 4 members (excludes halogenated alkanes) is 25. The molecule has 490 valence electrons. The van der Waals surface area contributed by atoms with Gasteiger partial charge in [0.25, 0.3) is 0 Å². The van der Waals surface area contributed by atoms with Gasteiger partial charge in [0, 0.05) is 6.42 Å². The molecule has 19 nitrogen and oxygen atoms in total. The van der Waals surface area contributed by atoms with Crippen LogP contribution in [-0.2, 0) is 33.2 Å². The number of aliphatic hydroxyl groups excluding tert-OH is 11. The van der Waals surface area contributed by atoms with Crippen LogP contribution in [0.3, 0.4) is 0 Å². The van der Waals surface area contributed by atoms with Gasteiger partial charge in [0.05, 0.1) is 38.6 Å². The quantitative estimate of drug-likeness (QED) is 0.0208. The molecule has 0 radical (unpaired) electrons. The lowest BCUT2D eigenvalue weighted by Gasteiger charge is -2.48. The predicted molar refractivity (Wildman–Crippen MR) is 323 cm³/mol. The molecular weight excluding hydrogens is 1080 g/mol. The molecule has 0 aromatic carbocycles. The lowest BCUT2D eigenvalue weighted by atomic mass is 9.96. The summed E-state index contributed by atoms with van der Waals surface area (Å²) >= 11 is 0. The van der Waals surface area contributed by atoms with E-state index in [1.807, 2.05) is 0 Å². The number of amides is 1. The fraction of sp³-hybridized carbons (Fsp3) is 0.862. The molecule has 0 aliphatic carbocycles. The van der Waals surface area contributed by atoms with Crippen molar-refractivity contribution in [3.63, 3.8) is 0 Å². The summed E-state index contributed by atoms with van der Waals surface area (Å²) in [6.45, 7) is 1.68. The van der Waals surface area contributed by atoms with Gasteiger partial charge in [0.15, 0.2) is 18.9 Å². The van der Waals surface area contributed by atoms with Gasteiger partial charge < -0.3 is 89.9 Å². The van der Waals surface area contributed by atoms with Crippen molar-refractivity contribution in [2.24, 2.45) is 0 Å². The van der Waals surface area contributed by atoms with E-state index in [2.05, 4.69) is 67.8 Å². The predicted octanol–water partition coefficient (Wildman–Crippen LogP) is 7.43. The second-order valence-corrected chi connectivity index (χ2v) is 23.6. The molecule has 0 spiro atoms. The van der Waals surface area contributed by atoms with E-state index in [4.69, 9.17) is 28.4 Å². The summed E-state index contributed by atoms with van der Waals surface area (Å²) in [5.41, 5.74) is 0. The molecule has 0 bridgehead atoms. The van der Waals surface area contributed by atoms with Gasteiger partial charge in [-0.25, -0.2) is 0 Å². The molecule has 3 fully saturated rings. The maximum atomic E-state index is 13.4. The van der Waals surface area contributed by atoms with Crippen LogP contribution in [0.15, 0.2) is 48.6 Å². The molecule has 0 saturated carbocycles. The minimum absolute atomic E-state index is 0.248. The fourth-order valence-corrected chi connectivity index (χ4v) is 11.1. The highest BCUT2D eigenvalue weighted by molar-refractivity contribution is 5.76. The molecule has 0 aromatic heterocycles. The molecule has 3 aliphatic rings. The van der Waals surface area contributed by atoms with E-state index >= 15 is 0 Å². The molecule has 17 unspecified atom stereocenters. The van der Waals surface area contributed by atoms with Crippen LogP contribution >= 0.6 is 0 Å². The van der Waals surface area contributed by atoms with E-state index in [9.17, 15) is 61.0 Å². The van der Waals surface area contributed by atoms with Crippen LogP contribution in [0.5, 0.6) is 0 Å². The summed E-state index contributed by atoms with van der Waals surface area (Å²) in [7, 11) is 0. The van der Waals surface area contributed by atoms with Gasteiger partial charge in [0.2, 0.25) is 5.91 Å². The Morgan fingerprint density at radius 3 is 1.29 bits per heavy atom. The first kappa shape index (κ1) is 76.0. The Kier molecular flexibility index (Phi) is 43.2. The number of hydrogen-bond donors (Lipinski definition) is 12. The third-order valence-electron chi connectivity index (χ3n) is 16.4. The number of ether oxygens (including phenoxy) is 6. The van der Waals surface area contributed by atoms with E-state index < -0.39 is 124 Å². The monoisotopic (exact) mass is 1200 g/mol. The molecule has 17 atom stereocenters. The van der Waals surface area contributed by atoms with Crippen molar-refractivity contribution in [2.45, 2.75) is 330 Å². The SMILES string of the molecule is CC/C=C\C/C=C\C/C=C\C/C=C\CCCCCCCCCCCCC(=O)NC(COC1OC(CO)C(OC2OC(CO)C(OC3OC(CO)C(O)C(O)C3O)C(O)C2O)C(O)C1O)C(O)CCCCCCCCCCCCCCCCCC. The van der Waals surface area contributed by atoms with Gasteiger partial charge in [-0.05, 0) is 51.4 Å². The molecule has 1 amide bonds. The summed E-state index contributed by atoms with van der Waals surface area (Å²) in [5, 5.41) is 121. The average molecular weight is 1200 g/mol. The van der Waals surface area contributed by atoms with E-state index in [0.29, 0.717) is 12.8 Å². The smallest absolute Gasteiger partial charge is 0.220 e. The van der Waals surface area contributed by atoms with Crippen molar-refractivity contribution in [1.82, 2.24) is 5.32 Å². The molecule has 84 heavy (non-hydrogen) atoms. The van der Waals surface area contributed by atoms with Crippen LogP contribution in [0.1, 0.15) is 226 Å². The Hall–Kier alpha value is -2.25. The van der Waals surface area contributed by atoms with Gasteiger partial charge >= 0.3 is 0 Å². The second kappa shape index (κ2) is 47.7. The molecule has 3 rings (SSSR count). The first-order chi connectivity index (χ1) is 40.8. The average Bonchev–Trinajstić information content (AvgIpc) is 3.69. The molecule has 3 saturated heterocycles. The van der Waals surface area contributed by atoms with E-state index in [-0.39, 0.29) is 18.9 Å². The summed E-state index contributed by atoms with van der Waals surface area (Å²) in [6, 6.07) is -0.891. The second-order valence-electron chi connectivity index (χ2n) is 23.6. The lowest BCUT2D eigenvalue weighted by Crippen LogP contribution is -2.66. The van der Waals surface area contributed by atoms with Gasteiger partial charge in [-0.2, -0.15) is 0 Å². The van der Waals surface area contributed by atoms with Crippen molar-refractivity contribution >= 4 is 5.91 Å². The van der Waals surface area contributed by atoms with Crippen molar-refractivity contribution in [1.29, 1.82) is 0 Å². The van der Waals surface area contributed by atoms with Crippen molar-refractivity contribution in [3.05, 3.63) is 48.6 Å². The van der Waals surface area contributed by atoms with Gasteiger partial charge in [-0.1, -0.05) is 217 Å².